The molecule has 0 bridgehead atoms. The zero-order valence-corrected chi connectivity index (χ0v) is 8.58. The summed E-state index contributed by atoms with van der Waals surface area (Å²) in [5.74, 6) is 0.199. The van der Waals surface area contributed by atoms with E-state index in [9.17, 15) is 4.79 Å². The normalized spacial score (nSPS) is 47.0. The average Bonchev–Trinajstić information content (AvgIpc) is 2.66. The van der Waals surface area contributed by atoms with Crippen LogP contribution in [0.4, 0.5) is 0 Å². The number of carbonyl (C=O) groups is 1. The second-order valence-electron chi connectivity index (χ2n) is 5.29. The summed E-state index contributed by atoms with van der Waals surface area (Å²) < 4.78 is 4.89. The van der Waals surface area contributed by atoms with E-state index in [0.717, 1.165) is 12.8 Å². The first-order valence-electron chi connectivity index (χ1n) is 5.50. The first-order valence-corrected chi connectivity index (χ1v) is 5.50. The van der Waals surface area contributed by atoms with Crippen molar-refractivity contribution in [3.63, 3.8) is 0 Å². The van der Waals surface area contributed by atoms with Gasteiger partial charge in [0.15, 0.2) is 0 Å². The molecule has 3 heteroatoms. The third-order valence-electron chi connectivity index (χ3n) is 4.95. The number of carbonyl (C=O) groups excluding carboxylic acids is 1. The molecule has 1 unspecified atom stereocenters. The third kappa shape index (κ3) is 0.691. The number of hydrogen-bond donors (Lipinski definition) is 1. The van der Waals surface area contributed by atoms with Gasteiger partial charge in [0.2, 0.25) is 0 Å². The first kappa shape index (κ1) is 8.72. The van der Waals surface area contributed by atoms with Gasteiger partial charge in [0.25, 0.3) is 0 Å². The van der Waals surface area contributed by atoms with Gasteiger partial charge in [-0.25, -0.2) is 0 Å². The molecule has 2 spiro atoms. The average molecular weight is 195 g/mol. The maximum absolute atomic E-state index is 11.6. The van der Waals surface area contributed by atoms with Crippen LogP contribution in [-0.2, 0) is 9.53 Å². The Morgan fingerprint density at radius 3 is 2.36 bits per heavy atom. The summed E-state index contributed by atoms with van der Waals surface area (Å²) in [6.45, 7) is 0. The summed E-state index contributed by atoms with van der Waals surface area (Å²) in [6.07, 6.45) is 5.82. The number of rotatable bonds is 1. The molecular formula is C11H17NO2. The summed E-state index contributed by atoms with van der Waals surface area (Å²) in [6, 6.07) is 0.335. The lowest BCUT2D eigenvalue weighted by Crippen LogP contribution is -2.42. The molecule has 0 saturated heterocycles. The Hall–Kier alpha value is -0.570. The standard InChI is InChI=1S/C11H17NO2/c1-14-9(13)8-10(3-2-4-10)11(8)5-7(12)6-11/h7-8H,2-6,12H2,1H3. The fourth-order valence-corrected chi connectivity index (χ4v) is 4.17. The minimum absolute atomic E-state index is 0.0107. The summed E-state index contributed by atoms with van der Waals surface area (Å²) in [7, 11) is 1.50. The van der Waals surface area contributed by atoms with Gasteiger partial charge in [-0.3, -0.25) is 4.79 Å². The molecule has 78 valence electrons. The van der Waals surface area contributed by atoms with E-state index < -0.39 is 0 Å². The molecule has 0 aromatic carbocycles. The van der Waals surface area contributed by atoms with Gasteiger partial charge in [0.1, 0.15) is 0 Å². The Kier molecular flexibility index (Phi) is 1.45. The molecule has 0 amide bonds. The molecule has 1 atom stereocenters. The molecule has 3 aliphatic carbocycles. The van der Waals surface area contributed by atoms with Crippen molar-refractivity contribution < 1.29 is 9.53 Å². The molecule has 14 heavy (non-hydrogen) atoms. The predicted octanol–water partition coefficient (Wildman–Crippen LogP) is 1.07. The molecule has 3 aliphatic rings. The molecule has 0 radical (unpaired) electrons. The van der Waals surface area contributed by atoms with Gasteiger partial charge in [-0.15, -0.1) is 0 Å². The van der Waals surface area contributed by atoms with E-state index in [1.165, 1.54) is 26.4 Å². The third-order valence-corrected chi connectivity index (χ3v) is 4.95. The summed E-state index contributed by atoms with van der Waals surface area (Å²) in [5, 5.41) is 0. The quantitative estimate of drug-likeness (QED) is 0.637. The number of esters is 1. The highest BCUT2D eigenvalue weighted by atomic mass is 16.5. The Morgan fingerprint density at radius 1 is 1.36 bits per heavy atom. The molecule has 3 nitrogen and oxygen atoms in total. The van der Waals surface area contributed by atoms with Crippen LogP contribution in [0.2, 0.25) is 0 Å². The minimum Gasteiger partial charge on any atom is -0.469 e. The molecule has 2 N–H and O–H groups in total. The van der Waals surface area contributed by atoms with E-state index >= 15 is 0 Å². The smallest absolute Gasteiger partial charge is 0.309 e. The lowest BCUT2D eigenvalue weighted by Gasteiger charge is -2.41. The van der Waals surface area contributed by atoms with Gasteiger partial charge in [0.05, 0.1) is 13.0 Å². The lowest BCUT2D eigenvalue weighted by molar-refractivity contribution is -0.144. The molecule has 0 aromatic rings. The number of nitrogens with two attached hydrogens (primary N) is 1. The van der Waals surface area contributed by atoms with Gasteiger partial charge >= 0.3 is 5.97 Å². The van der Waals surface area contributed by atoms with Crippen molar-refractivity contribution in [3.8, 4) is 0 Å². The molecule has 3 rings (SSSR count). The highest BCUT2D eigenvalue weighted by Gasteiger charge is 2.83. The Labute approximate surface area is 84.0 Å². The summed E-state index contributed by atoms with van der Waals surface area (Å²) >= 11 is 0. The highest BCUT2D eigenvalue weighted by molar-refractivity contribution is 5.80. The van der Waals surface area contributed by atoms with Gasteiger partial charge in [-0.2, -0.15) is 0 Å². The van der Waals surface area contributed by atoms with E-state index in [4.69, 9.17) is 10.5 Å². The SMILES string of the molecule is COC(=O)C1C2(CCC2)C12CC(N)C2. The van der Waals surface area contributed by atoms with Gasteiger partial charge in [-0.05, 0) is 36.5 Å². The number of ether oxygens (including phenoxy) is 1. The van der Waals surface area contributed by atoms with Crippen LogP contribution in [0.3, 0.4) is 0 Å². The first-order chi connectivity index (χ1) is 6.66. The number of hydrogen-bond acceptors (Lipinski definition) is 3. The largest absolute Gasteiger partial charge is 0.469 e. The predicted molar refractivity (Wildman–Crippen MR) is 51.4 cm³/mol. The van der Waals surface area contributed by atoms with Crippen molar-refractivity contribution >= 4 is 5.97 Å². The second kappa shape index (κ2) is 2.32. The van der Waals surface area contributed by atoms with Crippen molar-refractivity contribution in [1.29, 1.82) is 0 Å². The number of fused-ring (bicyclic) bond motifs is 1. The Morgan fingerprint density at radius 2 is 2.00 bits per heavy atom. The fraction of sp³-hybridized carbons (Fsp3) is 0.909. The van der Waals surface area contributed by atoms with E-state index in [1.54, 1.807) is 0 Å². The monoisotopic (exact) mass is 195 g/mol. The zero-order valence-electron chi connectivity index (χ0n) is 8.58. The molecule has 0 aromatic heterocycles. The van der Waals surface area contributed by atoms with Gasteiger partial charge < -0.3 is 10.5 Å². The van der Waals surface area contributed by atoms with Crippen LogP contribution in [-0.4, -0.2) is 19.1 Å². The minimum atomic E-state index is 0.0107. The molecule has 3 fully saturated rings. The van der Waals surface area contributed by atoms with Crippen LogP contribution in [0.15, 0.2) is 0 Å². The van der Waals surface area contributed by atoms with Crippen molar-refractivity contribution in [2.24, 2.45) is 22.5 Å². The molecule has 3 saturated carbocycles. The van der Waals surface area contributed by atoms with Crippen molar-refractivity contribution in [3.05, 3.63) is 0 Å². The highest BCUT2D eigenvalue weighted by Crippen LogP contribution is 2.84. The fourth-order valence-electron chi connectivity index (χ4n) is 4.17. The van der Waals surface area contributed by atoms with Crippen LogP contribution < -0.4 is 5.73 Å². The molecule has 0 aliphatic heterocycles. The Bertz CT molecular complexity index is 290. The van der Waals surface area contributed by atoms with Crippen molar-refractivity contribution in [2.45, 2.75) is 38.1 Å². The van der Waals surface area contributed by atoms with Crippen LogP contribution in [0, 0.1) is 16.7 Å². The zero-order chi connectivity index (χ0) is 9.97. The van der Waals surface area contributed by atoms with Crippen LogP contribution >= 0.6 is 0 Å². The lowest BCUT2D eigenvalue weighted by atomic mass is 9.65. The summed E-state index contributed by atoms with van der Waals surface area (Å²) in [5.41, 5.74) is 6.45. The van der Waals surface area contributed by atoms with Crippen molar-refractivity contribution in [2.75, 3.05) is 7.11 Å². The van der Waals surface area contributed by atoms with Crippen molar-refractivity contribution in [1.82, 2.24) is 0 Å². The Balaban J connectivity index is 1.83. The maximum atomic E-state index is 11.6. The molecule has 0 heterocycles. The number of methoxy groups -OCH3 is 1. The van der Waals surface area contributed by atoms with Crippen LogP contribution in [0.5, 0.6) is 0 Å². The topological polar surface area (TPSA) is 52.3 Å². The van der Waals surface area contributed by atoms with Crippen LogP contribution in [0.1, 0.15) is 32.1 Å². The maximum Gasteiger partial charge on any atom is 0.309 e. The van der Waals surface area contributed by atoms with E-state index in [1.807, 2.05) is 0 Å². The van der Waals surface area contributed by atoms with Gasteiger partial charge in [0, 0.05) is 6.04 Å². The van der Waals surface area contributed by atoms with E-state index in [0.29, 0.717) is 11.5 Å². The van der Waals surface area contributed by atoms with E-state index in [-0.39, 0.29) is 17.3 Å². The van der Waals surface area contributed by atoms with Gasteiger partial charge in [-0.1, -0.05) is 6.42 Å². The second-order valence-corrected chi connectivity index (χ2v) is 5.29. The summed E-state index contributed by atoms with van der Waals surface area (Å²) in [4.78, 5) is 11.6. The van der Waals surface area contributed by atoms with Crippen LogP contribution in [0.25, 0.3) is 0 Å². The molecular weight excluding hydrogens is 178 g/mol. The van der Waals surface area contributed by atoms with E-state index in [2.05, 4.69) is 0 Å².